The predicted octanol–water partition coefficient (Wildman–Crippen LogP) is 3.16. The summed E-state index contributed by atoms with van der Waals surface area (Å²) in [5.74, 6) is 0. The third kappa shape index (κ3) is 3.34. The summed E-state index contributed by atoms with van der Waals surface area (Å²) in [4.78, 5) is 2.44. The lowest BCUT2D eigenvalue weighted by Crippen LogP contribution is -2.34. The summed E-state index contributed by atoms with van der Waals surface area (Å²) in [6.07, 6.45) is 4.70. The minimum absolute atomic E-state index is 0.844. The van der Waals surface area contributed by atoms with Gasteiger partial charge in [-0.25, -0.2) is 0 Å². The van der Waals surface area contributed by atoms with E-state index in [2.05, 4.69) is 48.2 Å². The van der Waals surface area contributed by atoms with Crippen LogP contribution in [0.2, 0.25) is 0 Å². The maximum absolute atomic E-state index is 5.42. The number of hydrogen-bond donors (Lipinski definition) is 0. The number of hydrogen-bond acceptors (Lipinski definition) is 2. The molecule has 0 aliphatic carbocycles. The number of unbranched alkanes of at least 4 members (excludes halogenated alkanes) is 1. The normalized spacial score (nSPS) is 17.2. The number of allylic oxidation sites excluding steroid dienone is 1. The molecular formula is C15H21NO. The van der Waals surface area contributed by atoms with E-state index in [1.165, 1.54) is 17.7 Å². The Morgan fingerprint density at radius 1 is 1.24 bits per heavy atom. The molecule has 0 N–H and O–H groups in total. The molecule has 0 saturated carbocycles. The van der Waals surface area contributed by atoms with Crippen molar-refractivity contribution in [1.29, 1.82) is 0 Å². The number of nitrogens with zero attached hydrogens (tertiary/aromatic N) is 1. The summed E-state index contributed by atoms with van der Waals surface area (Å²) >= 11 is 0. The van der Waals surface area contributed by atoms with Crippen LogP contribution in [0.25, 0.3) is 5.70 Å². The first-order valence-electron chi connectivity index (χ1n) is 6.50. The highest BCUT2D eigenvalue weighted by atomic mass is 16.5. The van der Waals surface area contributed by atoms with E-state index in [0.717, 1.165) is 32.7 Å². The summed E-state index contributed by atoms with van der Waals surface area (Å²) in [7, 11) is 0. The van der Waals surface area contributed by atoms with Crippen molar-refractivity contribution in [3.05, 3.63) is 42.0 Å². The third-order valence-electron chi connectivity index (χ3n) is 3.05. The maximum atomic E-state index is 5.42. The van der Waals surface area contributed by atoms with Gasteiger partial charge in [-0.3, -0.25) is 0 Å². The molecule has 1 fully saturated rings. The molecule has 1 aromatic rings. The Labute approximate surface area is 104 Å². The van der Waals surface area contributed by atoms with Crippen LogP contribution in [-0.4, -0.2) is 31.2 Å². The van der Waals surface area contributed by atoms with Crippen LogP contribution in [0, 0.1) is 0 Å². The van der Waals surface area contributed by atoms with E-state index >= 15 is 0 Å². The molecule has 1 heterocycles. The fraction of sp³-hybridized carbons (Fsp3) is 0.467. The second-order valence-electron chi connectivity index (χ2n) is 4.34. The van der Waals surface area contributed by atoms with Crippen LogP contribution in [-0.2, 0) is 4.74 Å². The Morgan fingerprint density at radius 3 is 2.59 bits per heavy atom. The summed E-state index contributed by atoms with van der Waals surface area (Å²) in [6, 6.07) is 10.7. The van der Waals surface area contributed by atoms with Crippen LogP contribution >= 0.6 is 0 Å². The smallest absolute Gasteiger partial charge is 0.0642 e. The highest BCUT2D eigenvalue weighted by Crippen LogP contribution is 2.21. The van der Waals surface area contributed by atoms with E-state index in [9.17, 15) is 0 Å². The molecule has 92 valence electrons. The van der Waals surface area contributed by atoms with Crippen molar-refractivity contribution in [2.75, 3.05) is 26.3 Å². The molecule has 17 heavy (non-hydrogen) atoms. The molecule has 0 amide bonds. The van der Waals surface area contributed by atoms with Crippen LogP contribution < -0.4 is 0 Å². The number of morpholine rings is 1. The molecule has 1 aromatic carbocycles. The van der Waals surface area contributed by atoms with Gasteiger partial charge in [0.15, 0.2) is 0 Å². The quantitative estimate of drug-likeness (QED) is 0.789. The lowest BCUT2D eigenvalue weighted by molar-refractivity contribution is 0.0639. The Kier molecular flexibility index (Phi) is 4.63. The summed E-state index contributed by atoms with van der Waals surface area (Å²) in [5.41, 5.74) is 2.69. The molecule has 0 spiro atoms. The first-order valence-corrected chi connectivity index (χ1v) is 6.50. The first-order chi connectivity index (χ1) is 8.42. The van der Waals surface area contributed by atoms with Crippen molar-refractivity contribution in [3.63, 3.8) is 0 Å². The van der Waals surface area contributed by atoms with Gasteiger partial charge in [-0.1, -0.05) is 49.8 Å². The largest absolute Gasteiger partial charge is 0.378 e. The molecule has 0 atom stereocenters. The van der Waals surface area contributed by atoms with Gasteiger partial charge in [0.25, 0.3) is 0 Å². The van der Waals surface area contributed by atoms with Crippen LogP contribution in [0.3, 0.4) is 0 Å². The maximum Gasteiger partial charge on any atom is 0.0642 e. The SMILES string of the molecule is CCCC=C(c1ccccc1)N1CCOCC1. The van der Waals surface area contributed by atoms with Crippen LogP contribution in [0.5, 0.6) is 0 Å². The van der Waals surface area contributed by atoms with Gasteiger partial charge in [0.1, 0.15) is 0 Å². The van der Waals surface area contributed by atoms with Crippen molar-refractivity contribution < 1.29 is 4.74 Å². The standard InChI is InChI=1S/C15H21NO/c1-2-3-9-15(14-7-5-4-6-8-14)16-10-12-17-13-11-16/h4-9H,2-3,10-13H2,1H3. The van der Waals surface area contributed by atoms with E-state index < -0.39 is 0 Å². The second kappa shape index (κ2) is 6.45. The predicted molar refractivity (Wildman–Crippen MR) is 71.7 cm³/mol. The number of benzene rings is 1. The zero-order valence-corrected chi connectivity index (χ0v) is 10.6. The average molecular weight is 231 g/mol. The van der Waals surface area contributed by atoms with E-state index in [0.29, 0.717) is 0 Å². The van der Waals surface area contributed by atoms with Crippen molar-refractivity contribution in [2.45, 2.75) is 19.8 Å². The molecule has 0 unspecified atom stereocenters. The van der Waals surface area contributed by atoms with Gasteiger partial charge in [-0.05, 0) is 12.0 Å². The highest BCUT2D eigenvalue weighted by molar-refractivity contribution is 5.64. The molecule has 2 rings (SSSR count). The van der Waals surface area contributed by atoms with Crippen LogP contribution in [0.15, 0.2) is 36.4 Å². The fourth-order valence-electron chi connectivity index (χ4n) is 2.12. The summed E-state index contributed by atoms with van der Waals surface area (Å²) in [5, 5.41) is 0. The molecule has 2 nitrogen and oxygen atoms in total. The molecule has 0 radical (unpaired) electrons. The van der Waals surface area contributed by atoms with E-state index in [1.54, 1.807) is 0 Å². The molecule has 1 saturated heterocycles. The van der Waals surface area contributed by atoms with Gasteiger partial charge in [0.2, 0.25) is 0 Å². The summed E-state index contributed by atoms with van der Waals surface area (Å²) in [6.45, 7) is 5.92. The van der Waals surface area contributed by atoms with E-state index in [-0.39, 0.29) is 0 Å². The Balaban J connectivity index is 2.18. The summed E-state index contributed by atoms with van der Waals surface area (Å²) < 4.78 is 5.42. The fourth-order valence-corrected chi connectivity index (χ4v) is 2.12. The lowest BCUT2D eigenvalue weighted by Gasteiger charge is -2.31. The minimum atomic E-state index is 0.844. The molecule has 0 aromatic heterocycles. The Bertz CT molecular complexity index is 352. The number of rotatable bonds is 4. The van der Waals surface area contributed by atoms with Crippen molar-refractivity contribution in [3.8, 4) is 0 Å². The Hall–Kier alpha value is -1.28. The number of ether oxygens (including phenoxy) is 1. The third-order valence-corrected chi connectivity index (χ3v) is 3.05. The zero-order chi connectivity index (χ0) is 11.9. The molecule has 1 aliphatic heterocycles. The van der Waals surface area contributed by atoms with Crippen molar-refractivity contribution in [1.82, 2.24) is 4.90 Å². The van der Waals surface area contributed by atoms with Crippen LogP contribution in [0.1, 0.15) is 25.3 Å². The zero-order valence-electron chi connectivity index (χ0n) is 10.6. The van der Waals surface area contributed by atoms with Gasteiger partial charge in [-0.15, -0.1) is 0 Å². The lowest BCUT2D eigenvalue weighted by atomic mass is 10.1. The van der Waals surface area contributed by atoms with Gasteiger partial charge < -0.3 is 9.64 Å². The monoisotopic (exact) mass is 231 g/mol. The topological polar surface area (TPSA) is 12.5 Å². The van der Waals surface area contributed by atoms with E-state index in [4.69, 9.17) is 4.74 Å². The molecule has 2 heteroatoms. The van der Waals surface area contributed by atoms with Crippen LogP contribution in [0.4, 0.5) is 0 Å². The van der Waals surface area contributed by atoms with Crippen molar-refractivity contribution in [2.24, 2.45) is 0 Å². The molecular weight excluding hydrogens is 210 g/mol. The molecule has 0 bridgehead atoms. The van der Waals surface area contributed by atoms with Crippen molar-refractivity contribution >= 4 is 5.70 Å². The molecule has 1 aliphatic rings. The van der Waals surface area contributed by atoms with Gasteiger partial charge in [0.05, 0.1) is 13.2 Å². The second-order valence-corrected chi connectivity index (χ2v) is 4.34. The first kappa shape index (κ1) is 12.2. The van der Waals surface area contributed by atoms with Gasteiger partial charge in [-0.2, -0.15) is 0 Å². The van der Waals surface area contributed by atoms with Gasteiger partial charge in [0, 0.05) is 18.8 Å². The van der Waals surface area contributed by atoms with Gasteiger partial charge >= 0.3 is 0 Å². The minimum Gasteiger partial charge on any atom is -0.378 e. The average Bonchev–Trinajstić information content (AvgIpc) is 2.42. The Morgan fingerprint density at radius 2 is 1.94 bits per heavy atom. The van der Waals surface area contributed by atoms with E-state index in [1.807, 2.05) is 0 Å². The highest BCUT2D eigenvalue weighted by Gasteiger charge is 2.14.